The summed E-state index contributed by atoms with van der Waals surface area (Å²) in [4.78, 5) is 31.1. The van der Waals surface area contributed by atoms with Gasteiger partial charge in [0.2, 0.25) is 0 Å². The van der Waals surface area contributed by atoms with Gasteiger partial charge in [0, 0.05) is 24.0 Å². The highest BCUT2D eigenvalue weighted by atomic mass is 32.2. The first-order chi connectivity index (χ1) is 17.5. The molecule has 180 valence electrons. The largest absolute Gasteiger partial charge is 0.293 e. The van der Waals surface area contributed by atoms with Crippen LogP contribution in [0.3, 0.4) is 0 Å². The highest BCUT2D eigenvalue weighted by molar-refractivity contribution is 7.99. The van der Waals surface area contributed by atoms with E-state index in [9.17, 15) is 14.0 Å². The first-order valence-corrected chi connectivity index (χ1v) is 12.3. The lowest BCUT2D eigenvalue weighted by atomic mass is 10.1. The van der Waals surface area contributed by atoms with Gasteiger partial charge in [-0.3, -0.25) is 18.8 Å². The zero-order chi connectivity index (χ0) is 25.2. The molecule has 0 atom stereocenters. The van der Waals surface area contributed by atoms with Crippen molar-refractivity contribution in [2.45, 2.75) is 12.1 Å². The van der Waals surface area contributed by atoms with Crippen LogP contribution < -0.4 is 5.56 Å². The number of para-hydroxylation sites is 2. The lowest BCUT2D eigenvalue weighted by Gasteiger charge is -2.12. The number of benzene rings is 3. The number of halogens is 1. The number of rotatable bonds is 7. The van der Waals surface area contributed by atoms with Gasteiger partial charge >= 0.3 is 0 Å². The molecule has 0 fully saturated rings. The van der Waals surface area contributed by atoms with Crippen LogP contribution in [0.15, 0.2) is 101 Å². The minimum atomic E-state index is -0.342. The number of imidazole rings is 1. The Balaban J connectivity index is 1.48. The monoisotopic (exact) mass is 498 g/mol. The van der Waals surface area contributed by atoms with Gasteiger partial charge in [0.1, 0.15) is 11.4 Å². The zero-order valence-corrected chi connectivity index (χ0v) is 20.6. The molecule has 0 saturated carbocycles. The average Bonchev–Trinajstić information content (AvgIpc) is 3.42. The maximum Gasteiger partial charge on any atom is 0.282 e. The quantitative estimate of drug-likeness (QED) is 0.221. The minimum Gasteiger partial charge on any atom is -0.293 e. The fourth-order valence-corrected chi connectivity index (χ4v) is 5.04. The van der Waals surface area contributed by atoms with Crippen LogP contribution in [0.4, 0.5) is 4.39 Å². The number of Topliss-reactive ketones (excluding diaryl/α,β-unsaturated/α-hetero) is 1. The topological polar surface area (TPSA) is 61.8 Å². The summed E-state index contributed by atoms with van der Waals surface area (Å²) < 4.78 is 18.7. The van der Waals surface area contributed by atoms with Crippen molar-refractivity contribution in [3.8, 4) is 22.6 Å². The van der Waals surface area contributed by atoms with E-state index >= 15 is 0 Å². The molecular weight excluding hydrogens is 475 g/mol. The van der Waals surface area contributed by atoms with E-state index < -0.39 is 0 Å². The van der Waals surface area contributed by atoms with Gasteiger partial charge in [0.25, 0.3) is 5.56 Å². The SMILES string of the molecule is Cc1c(C(=O)CSc2ncc(-c3ccc(F)cc3)n2-c2ccccc2)c(=O)n(-c2ccccc2)n1C. The molecule has 0 bridgehead atoms. The Morgan fingerprint density at radius 3 is 2.17 bits per heavy atom. The molecule has 5 rings (SSSR count). The summed E-state index contributed by atoms with van der Waals surface area (Å²) in [6.45, 7) is 1.77. The van der Waals surface area contributed by atoms with Crippen molar-refractivity contribution in [2.24, 2.45) is 7.05 Å². The zero-order valence-electron chi connectivity index (χ0n) is 19.8. The Labute approximate surface area is 211 Å². The summed E-state index contributed by atoms with van der Waals surface area (Å²) >= 11 is 1.26. The lowest BCUT2D eigenvalue weighted by Crippen LogP contribution is -2.23. The molecule has 3 aromatic carbocycles. The van der Waals surface area contributed by atoms with Crippen molar-refractivity contribution < 1.29 is 9.18 Å². The third-order valence-electron chi connectivity index (χ3n) is 6.05. The normalized spacial score (nSPS) is 11.1. The molecule has 0 radical (unpaired) electrons. The molecule has 0 N–H and O–H groups in total. The second-order valence-electron chi connectivity index (χ2n) is 8.25. The smallest absolute Gasteiger partial charge is 0.282 e. The number of carbonyl (C=O) groups is 1. The summed E-state index contributed by atoms with van der Waals surface area (Å²) in [6, 6.07) is 25.1. The molecular formula is C28H23FN4O2S. The molecule has 2 heterocycles. The van der Waals surface area contributed by atoms with Gasteiger partial charge in [-0.15, -0.1) is 0 Å². The third-order valence-corrected chi connectivity index (χ3v) is 7.00. The van der Waals surface area contributed by atoms with E-state index in [4.69, 9.17) is 0 Å². The Bertz CT molecular complexity index is 1590. The highest BCUT2D eigenvalue weighted by Crippen LogP contribution is 2.30. The number of hydrogen-bond donors (Lipinski definition) is 0. The maximum absolute atomic E-state index is 13.5. The molecule has 0 saturated heterocycles. The second-order valence-corrected chi connectivity index (χ2v) is 9.19. The van der Waals surface area contributed by atoms with Crippen LogP contribution in [-0.4, -0.2) is 30.5 Å². The molecule has 8 heteroatoms. The second kappa shape index (κ2) is 9.83. The molecule has 0 aliphatic heterocycles. The van der Waals surface area contributed by atoms with Gasteiger partial charge in [-0.2, -0.15) is 0 Å². The number of hydrogen-bond acceptors (Lipinski definition) is 4. The fraction of sp³-hybridized carbons (Fsp3) is 0.107. The fourth-order valence-electron chi connectivity index (χ4n) is 4.18. The van der Waals surface area contributed by atoms with E-state index in [0.29, 0.717) is 16.5 Å². The van der Waals surface area contributed by atoms with E-state index in [1.54, 1.807) is 37.0 Å². The molecule has 0 spiro atoms. The van der Waals surface area contributed by atoms with Crippen LogP contribution in [0, 0.1) is 12.7 Å². The van der Waals surface area contributed by atoms with Crippen molar-refractivity contribution in [1.29, 1.82) is 0 Å². The molecule has 0 amide bonds. The van der Waals surface area contributed by atoms with Gasteiger partial charge in [-0.25, -0.2) is 14.1 Å². The Morgan fingerprint density at radius 1 is 0.917 bits per heavy atom. The molecule has 36 heavy (non-hydrogen) atoms. The predicted molar refractivity (Wildman–Crippen MR) is 140 cm³/mol. The van der Waals surface area contributed by atoms with Gasteiger partial charge in [0.15, 0.2) is 10.9 Å². The molecule has 0 aliphatic carbocycles. The highest BCUT2D eigenvalue weighted by Gasteiger charge is 2.23. The standard InChI is InChI=1S/C28H23FN4O2S/c1-19-26(27(35)33(31(19)2)23-11-7-4-8-12-23)25(34)18-36-28-30-17-24(20-13-15-21(29)16-14-20)32(28)22-9-5-3-6-10-22/h3-17H,18H2,1-2H3. The molecule has 2 aromatic heterocycles. The van der Waals surface area contributed by atoms with Crippen LogP contribution in [0.2, 0.25) is 0 Å². The first-order valence-electron chi connectivity index (χ1n) is 11.3. The summed E-state index contributed by atoms with van der Waals surface area (Å²) in [5.41, 5.74) is 3.58. The third kappa shape index (κ3) is 4.31. The van der Waals surface area contributed by atoms with Crippen molar-refractivity contribution in [1.82, 2.24) is 18.9 Å². The average molecular weight is 499 g/mol. The maximum atomic E-state index is 13.5. The summed E-state index contributed by atoms with van der Waals surface area (Å²) in [7, 11) is 1.77. The van der Waals surface area contributed by atoms with E-state index in [1.165, 1.54) is 28.6 Å². The van der Waals surface area contributed by atoms with Crippen molar-refractivity contribution in [3.05, 3.63) is 119 Å². The minimum absolute atomic E-state index is 0.0432. The summed E-state index contributed by atoms with van der Waals surface area (Å²) in [5.74, 6) is -0.537. The number of aromatic nitrogens is 4. The van der Waals surface area contributed by atoms with Crippen molar-refractivity contribution >= 4 is 17.5 Å². The molecule has 0 unspecified atom stereocenters. The van der Waals surface area contributed by atoms with Crippen LogP contribution in [0.25, 0.3) is 22.6 Å². The van der Waals surface area contributed by atoms with Crippen LogP contribution in [0.1, 0.15) is 16.1 Å². The molecule has 5 aromatic rings. The Morgan fingerprint density at radius 2 is 1.53 bits per heavy atom. The Kier molecular flexibility index (Phi) is 6.43. The van der Waals surface area contributed by atoms with Gasteiger partial charge in [-0.05, 0) is 55.5 Å². The number of nitrogens with zero attached hydrogens (tertiary/aromatic N) is 4. The number of ketones is 1. The molecule has 0 aliphatic rings. The van der Waals surface area contributed by atoms with Gasteiger partial charge in [-0.1, -0.05) is 48.2 Å². The Hall–Kier alpha value is -4.17. The van der Waals surface area contributed by atoms with E-state index in [-0.39, 0.29) is 28.5 Å². The van der Waals surface area contributed by atoms with Gasteiger partial charge in [0.05, 0.1) is 23.3 Å². The lowest BCUT2D eigenvalue weighted by molar-refractivity contribution is 0.102. The number of carbonyl (C=O) groups excluding carboxylic acids is 1. The number of thioether (sulfide) groups is 1. The van der Waals surface area contributed by atoms with E-state index in [2.05, 4.69) is 4.98 Å². The summed E-state index contributed by atoms with van der Waals surface area (Å²) in [6.07, 6.45) is 1.71. The van der Waals surface area contributed by atoms with Crippen molar-refractivity contribution in [2.75, 3.05) is 5.75 Å². The van der Waals surface area contributed by atoms with E-state index in [0.717, 1.165) is 16.9 Å². The predicted octanol–water partition coefficient (Wildman–Crippen LogP) is 5.45. The van der Waals surface area contributed by atoms with Crippen molar-refractivity contribution in [3.63, 3.8) is 0 Å². The van der Waals surface area contributed by atoms with Crippen LogP contribution >= 0.6 is 11.8 Å². The summed E-state index contributed by atoms with van der Waals surface area (Å²) in [5, 5.41) is 0.603. The van der Waals surface area contributed by atoms with Gasteiger partial charge < -0.3 is 0 Å². The van der Waals surface area contributed by atoms with Crippen LogP contribution in [0.5, 0.6) is 0 Å². The first kappa shape index (κ1) is 23.6. The molecule has 6 nitrogen and oxygen atoms in total. The van der Waals surface area contributed by atoms with E-state index in [1.807, 2.05) is 65.2 Å². The van der Waals surface area contributed by atoms with Crippen LogP contribution in [-0.2, 0) is 7.05 Å².